The number of hydrogen-bond donors (Lipinski definition) is 3. The van der Waals surface area contributed by atoms with Crippen LogP contribution in [0.3, 0.4) is 0 Å². The summed E-state index contributed by atoms with van der Waals surface area (Å²) >= 11 is 3.51. The topological polar surface area (TPSA) is 150 Å². The minimum Gasteiger partial charge on any atom is -0.497 e. The molecule has 3 N–H and O–H groups in total. The Balaban J connectivity index is 1.50. The first-order valence-corrected chi connectivity index (χ1v) is 16.3. The van der Waals surface area contributed by atoms with E-state index in [4.69, 9.17) is 29.8 Å². The van der Waals surface area contributed by atoms with Gasteiger partial charge in [0.05, 0.1) is 20.3 Å². The number of azide groups is 1. The van der Waals surface area contributed by atoms with Crippen molar-refractivity contribution in [2.24, 2.45) is 10.1 Å². The molecular formula is C36H37BrN6O5. The maximum absolute atomic E-state index is 14.5. The Morgan fingerprint density at radius 3 is 2.44 bits per heavy atom. The van der Waals surface area contributed by atoms with Gasteiger partial charge in [-0.05, 0) is 82.7 Å². The van der Waals surface area contributed by atoms with Gasteiger partial charge in [-0.2, -0.15) is 0 Å². The van der Waals surface area contributed by atoms with E-state index < -0.39 is 11.6 Å². The molecule has 1 aliphatic rings. The summed E-state index contributed by atoms with van der Waals surface area (Å²) in [5.74, 6) is 1.34. The lowest BCUT2D eigenvalue weighted by atomic mass is 9.81. The summed E-state index contributed by atoms with van der Waals surface area (Å²) in [5, 5.41) is 12.9. The Morgan fingerprint density at radius 1 is 1.02 bits per heavy atom. The fourth-order valence-electron chi connectivity index (χ4n) is 5.46. The molecule has 0 spiro atoms. The minimum atomic E-state index is -1.45. The van der Waals surface area contributed by atoms with Gasteiger partial charge in [0.1, 0.15) is 11.5 Å². The van der Waals surface area contributed by atoms with Crippen LogP contribution in [-0.4, -0.2) is 49.3 Å². The van der Waals surface area contributed by atoms with Gasteiger partial charge in [-0.3, -0.25) is 10.2 Å². The fraction of sp³-hybridized carbons (Fsp3) is 0.278. The van der Waals surface area contributed by atoms with Crippen LogP contribution in [0.2, 0.25) is 0 Å². The van der Waals surface area contributed by atoms with Crippen molar-refractivity contribution in [2.45, 2.75) is 37.5 Å². The molecule has 1 heterocycles. The smallest absolute Gasteiger partial charge is 0.266 e. The highest BCUT2D eigenvalue weighted by atomic mass is 79.9. The summed E-state index contributed by atoms with van der Waals surface area (Å²) in [7, 11) is 1.63. The Kier molecular flexibility index (Phi) is 12.1. The molecule has 4 aromatic carbocycles. The summed E-state index contributed by atoms with van der Waals surface area (Å²) in [6.45, 7) is 0.987. The van der Waals surface area contributed by atoms with Crippen LogP contribution in [-0.2, 0) is 28.9 Å². The summed E-state index contributed by atoms with van der Waals surface area (Å²) in [6.07, 6.45) is 0.555. The number of aliphatic hydroxyl groups is 1. The zero-order valence-electron chi connectivity index (χ0n) is 26.5. The average molecular weight is 714 g/mol. The van der Waals surface area contributed by atoms with E-state index in [9.17, 15) is 4.79 Å². The molecule has 0 bridgehead atoms. The SMILES string of the molecule is COc1ccc(CCNNC(=O)[C@@]2(Cc3ccc(Br)cc3)N=C(c3ccc(OCCCO)cc3)O[C@H]2c2ccccc2CN=[N+]=[N-])cc1. The molecule has 0 saturated heterocycles. The number of hydrazine groups is 1. The molecule has 0 unspecified atom stereocenters. The predicted molar refractivity (Wildman–Crippen MR) is 187 cm³/mol. The molecule has 48 heavy (non-hydrogen) atoms. The van der Waals surface area contributed by atoms with Crippen molar-refractivity contribution < 1.29 is 24.1 Å². The third-order valence-electron chi connectivity index (χ3n) is 7.96. The van der Waals surface area contributed by atoms with Crippen molar-refractivity contribution in [1.82, 2.24) is 10.9 Å². The van der Waals surface area contributed by atoms with E-state index in [0.29, 0.717) is 48.8 Å². The van der Waals surface area contributed by atoms with Crippen molar-refractivity contribution >= 4 is 27.7 Å². The molecule has 0 saturated carbocycles. The first-order chi connectivity index (χ1) is 23.5. The molecular weight excluding hydrogens is 676 g/mol. The molecule has 1 amide bonds. The second-order valence-electron chi connectivity index (χ2n) is 11.2. The van der Waals surface area contributed by atoms with E-state index in [1.165, 1.54) is 0 Å². The molecule has 0 aromatic heterocycles. The normalized spacial score (nSPS) is 16.7. The number of nitrogens with one attached hydrogen (secondary N) is 2. The number of halogens is 1. The molecule has 11 nitrogen and oxygen atoms in total. The van der Waals surface area contributed by atoms with Gasteiger partial charge >= 0.3 is 0 Å². The second kappa shape index (κ2) is 16.8. The van der Waals surface area contributed by atoms with Gasteiger partial charge in [0.15, 0.2) is 11.6 Å². The van der Waals surface area contributed by atoms with Crippen molar-refractivity contribution in [3.63, 3.8) is 0 Å². The van der Waals surface area contributed by atoms with E-state index in [0.717, 1.165) is 26.9 Å². The Hall–Kier alpha value is -4.87. The van der Waals surface area contributed by atoms with Gasteiger partial charge in [-0.1, -0.05) is 69.6 Å². The fourth-order valence-corrected chi connectivity index (χ4v) is 5.73. The molecule has 1 aliphatic heterocycles. The lowest BCUT2D eigenvalue weighted by Crippen LogP contribution is -2.54. The van der Waals surface area contributed by atoms with Crippen LogP contribution in [0.4, 0.5) is 0 Å². The van der Waals surface area contributed by atoms with Crippen molar-refractivity contribution in [3.05, 3.63) is 140 Å². The van der Waals surface area contributed by atoms with E-state index in [-0.39, 0.29) is 25.5 Å². The van der Waals surface area contributed by atoms with Crippen molar-refractivity contribution in [1.29, 1.82) is 0 Å². The number of aliphatic imine (C=N–C) groups is 1. The van der Waals surface area contributed by atoms with Crippen LogP contribution in [0.25, 0.3) is 10.4 Å². The highest BCUT2D eigenvalue weighted by molar-refractivity contribution is 9.10. The summed E-state index contributed by atoms with van der Waals surface area (Å²) in [6, 6.07) is 30.3. The van der Waals surface area contributed by atoms with Crippen LogP contribution in [0.15, 0.2) is 112 Å². The van der Waals surface area contributed by atoms with Crippen LogP contribution in [0, 0.1) is 0 Å². The van der Waals surface area contributed by atoms with Crippen LogP contribution < -0.4 is 20.3 Å². The quantitative estimate of drug-likeness (QED) is 0.0403. The summed E-state index contributed by atoms with van der Waals surface area (Å²) in [5.41, 5.74) is 17.7. The van der Waals surface area contributed by atoms with Gasteiger partial charge in [0.25, 0.3) is 5.91 Å². The van der Waals surface area contributed by atoms with Crippen LogP contribution in [0.1, 0.15) is 40.3 Å². The first kappa shape index (κ1) is 34.5. The summed E-state index contributed by atoms with van der Waals surface area (Å²) < 4.78 is 18.5. The number of aliphatic hydroxyl groups excluding tert-OH is 1. The zero-order valence-corrected chi connectivity index (χ0v) is 28.1. The Morgan fingerprint density at radius 2 is 1.73 bits per heavy atom. The standard InChI is InChI=1S/C36H37BrN6O5/c1-46-30-15-9-25(10-16-30)19-20-39-42-35(45)36(23-26-7-13-29(37)14-8-26)33(32-6-3-2-5-28(32)24-40-43-38)48-34(41-36)27-11-17-31(18-12-27)47-22-4-21-44/h2-3,5-18,33,39,44H,4,19-24H2,1H3,(H,42,45)/t33-,36-/m0/s1. The second-order valence-corrected chi connectivity index (χ2v) is 12.1. The van der Waals surface area contributed by atoms with Crippen molar-refractivity contribution in [2.75, 3.05) is 26.9 Å². The number of carbonyl (C=O) groups excluding carboxylic acids is 1. The molecule has 12 heteroatoms. The van der Waals surface area contributed by atoms with Gasteiger partial charge in [0.2, 0.25) is 5.90 Å². The third kappa shape index (κ3) is 8.53. The van der Waals surface area contributed by atoms with E-state index in [1.807, 2.05) is 84.9 Å². The molecule has 4 aromatic rings. The van der Waals surface area contributed by atoms with E-state index in [2.05, 4.69) is 36.8 Å². The largest absolute Gasteiger partial charge is 0.497 e. The molecule has 2 atom stereocenters. The lowest BCUT2D eigenvalue weighted by molar-refractivity contribution is -0.130. The maximum Gasteiger partial charge on any atom is 0.266 e. The monoisotopic (exact) mass is 712 g/mol. The third-order valence-corrected chi connectivity index (χ3v) is 8.49. The number of methoxy groups -OCH3 is 1. The van der Waals surface area contributed by atoms with Gasteiger partial charge in [0, 0.05) is 40.9 Å². The molecule has 0 fully saturated rings. The number of ether oxygens (including phenoxy) is 3. The molecule has 0 aliphatic carbocycles. The number of hydrogen-bond acceptors (Lipinski definition) is 8. The van der Waals surface area contributed by atoms with E-state index in [1.54, 1.807) is 19.2 Å². The number of benzene rings is 4. The number of rotatable bonds is 16. The van der Waals surface area contributed by atoms with Gasteiger partial charge < -0.3 is 19.3 Å². The number of nitrogens with zero attached hydrogens (tertiary/aromatic N) is 4. The number of carbonyl (C=O) groups is 1. The maximum atomic E-state index is 14.5. The molecule has 0 radical (unpaired) electrons. The summed E-state index contributed by atoms with van der Waals surface area (Å²) in [4.78, 5) is 22.6. The van der Waals surface area contributed by atoms with Crippen LogP contribution in [0.5, 0.6) is 11.5 Å². The molecule has 5 rings (SSSR count). The Labute approximate surface area is 287 Å². The van der Waals surface area contributed by atoms with Gasteiger partial charge in [-0.15, -0.1) is 0 Å². The highest BCUT2D eigenvalue weighted by Gasteiger charge is 2.53. The highest BCUT2D eigenvalue weighted by Crippen LogP contribution is 2.44. The predicted octanol–water partition coefficient (Wildman–Crippen LogP) is 6.39. The zero-order chi connectivity index (χ0) is 33.8. The number of amides is 1. The lowest BCUT2D eigenvalue weighted by Gasteiger charge is -2.32. The molecule has 248 valence electrons. The van der Waals surface area contributed by atoms with Crippen LogP contribution >= 0.6 is 15.9 Å². The van der Waals surface area contributed by atoms with Gasteiger partial charge in [-0.25, -0.2) is 10.4 Å². The average Bonchev–Trinajstić information content (AvgIpc) is 3.51. The minimum absolute atomic E-state index is 0.0458. The first-order valence-electron chi connectivity index (χ1n) is 15.6. The van der Waals surface area contributed by atoms with Crippen molar-refractivity contribution in [3.8, 4) is 11.5 Å². The Bertz CT molecular complexity index is 1740. The van der Waals surface area contributed by atoms with E-state index >= 15 is 0 Å².